The van der Waals surface area contributed by atoms with Crippen LogP contribution in [0.3, 0.4) is 0 Å². The largest absolute Gasteiger partial charge is 0.454 e. The molecular weight excluding hydrogens is 470 g/mol. The molecule has 3 heterocycles. The van der Waals surface area contributed by atoms with E-state index in [0.29, 0.717) is 18.7 Å². The number of piperazine rings is 1. The number of aryl methyl sites for hydroxylation is 1. The van der Waals surface area contributed by atoms with Crippen molar-refractivity contribution in [3.05, 3.63) is 75.9 Å². The smallest absolute Gasteiger partial charge is 0.255 e. The predicted molar refractivity (Wildman–Crippen MR) is 126 cm³/mol. The lowest BCUT2D eigenvalue weighted by Crippen LogP contribution is -2.48. The summed E-state index contributed by atoms with van der Waals surface area (Å²) < 4.78 is 11.9. The fourth-order valence-electron chi connectivity index (χ4n) is 4.17. The third kappa shape index (κ3) is 4.36. The highest BCUT2D eigenvalue weighted by Crippen LogP contribution is 2.33. The fraction of sp³-hybridized carbons (Fsp3) is 0.280. The van der Waals surface area contributed by atoms with E-state index < -0.39 is 0 Å². The van der Waals surface area contributed by atoms with Crippen molar-refractivity contribution in [2.75, 3.05) is 33.0 Å². The Balaban J connectivity index is 1.21. The van der Waals surface area contributed by atoms with Gasteiger partial charge in [0.2, 0.25) is 6.79 Å². The van der Waals surface area contributed by atoms with Gasteiger partial charge in [-0.2, -0.15) is 0 Å². The predicted octanol–water partition coefficient (Wildman–Crippen LogP) is 4.51. The molecule has 6 nitrogen and oxygen atoms in total. The van der Waals surface area contributed by atoms with Crippen molar-refractivity contribution in [1.82, 2.24) is 14.8 Å². The van der Waals surface area contributed by atoms with Gasteiger partial charge < -0.3 is 14.4 Å². The number of ether oxygens (including phenoxy) is 2. The maximum atomic E-state index is 13.1. The Hall–Kier alpha value is -2.90. The summed E-state index contributed by atoms with van der Waals surface area (Å²) in [7, 11) is 0. The van der Waals surface area contributed by atoms with Crippen molar-refractivity contribution < 1.29 is 14.3 Å². The second kappa shape index (κ2) is 8.92. The van der Waals surface area contributed by atoms with E-state index in [1.807, 2.05) is 60.4 Å². The number of pyridine rings is 1. The second-order valence-corrected chi connectivity index (χ2v) is 9.01. The van der Waals surface area contributed by atoms with Crippen LogP contribution in [0.4, 0.5) is 0 Å². The lowest BCUT2D eigenvalue weighted by molar-refractivity contribution is 0.0627. The average molecular weight is 494 g/mol. The number of hydrogen-bond donors (Lipinski definition) is 0. The van der Waals surface area contributed by atoms with Crippen LogP contribution in [0.5, 0.6) is 11.5 Å². The Morgan fingerprint density at radius 3 is 2.59 bits per heavy atom. The highest BCUT2D eigenvalue weighted by atomic mass is 79.9. The highest BCUT2D eigenvalue weighted by molar-refractivity contribution is 9.10. The van der Waals surface area contributed by atoms with Crippen LogP contribution in [0.15, 0.2) is 59.1 Å². The van der Waals surface area contributed by atoms with Crippen LogP contribution in [0.1, 0.15) is 21.6 Å². The third-order valence-corrected chi connectivity index (χ3v) is 6.43. The van der Waals surface area contributed by atoms with Gasteiger partial charge in [-0.25, -0.2) is 0 Å². The summed E-state index contributed by atoms with van der Waals surface area (Å²) in [5.74, 6) is 1.67. The zero-order valence-corrected chi connectivity index (χ0v) is 19.5. The first kappa shape index (κ1) is 21.0. The molecule has 0 radical (unpaired) electrons. The van der Waals surface area contributed by atoms with E-state index in [4.69, 9.17) is 14.5 Å². The van der Waals surface area contributed by atoms with Crippen molar-refractivity contribution >= 4 is 21.8 Å². The Kier molecular flexibility index (Phi) is 5.85. The summed E-state index contributed by atoms with van der Waals surface area (Å²) in [6.07, 6.45) is 0. The van der Waals surface area contributed by atoms with E-state index in [1.54, 1.807) is 0 Å². The normalized spacial score (nSPS) is 15.8. The van der Waals surface area contributed by atoms with Crippen LogP contribution in [0.25, 0.3) is 11.3 Å². The molecule has 5 rings (SSSR count). The molecule has 1 aromatic heterocycles. The topological polar surface area (TPSA) is 54.9 Å². The van der Waals surface area contributed by atoms with Crippen molar-refractivity contribution in [1.29, 1.82) is 0 Å². The Bertz CT molecular complexity index is 1160. The lowest BCUT2D eigenvalue weighted by atomic mass is 10.1. The van der Waals surface area contributed by atoms with Crippen LogP contribution in [0.2, 0.25) is 0 Å². The van der Waals surface area contributed by atoms with Crippen LogP contribution in [0, 0.1) is 6.92 Å². The average Bonchev–Trinajstić information content (AvgIpc) is 3.27. The van der Waals surface area contributed by atoms with Gasteiger partial charge in [-0.05, 0) is 48.9 Å². The molecule has 0 atom stereocenters. The van der Waals surface area contributed by atoms with Gasteiger partial charge in [0.1, 0.15) is 0 Å². The maximum Gasteiger partial charge on any atom is 0.255 e. The Labute approximate surface area is 195 Å². The minimum absolute atomic E-state index is 0.0542. The lowest BCUT2D eigenvalue weighted by Gasteiger charge is -2.35. The van der Waals surface area contributed by atoms with Crippen molar-refractivity contribution in [3.63, 3.8) is 0 Å². The number of nitrogens with zero attached hydrogens (tertiary/aromatic N) is 3. The molecule has 0 saturated carbocycles. The summed E-state index contributed by atoms with van der Waals surface area (Å²) in [5.41, 5.74) is 4.52. The number of carbonyl (C=O) groups is 1. The Morgan fingerprint density at radius 2 is 1.81 bits per heavy atom. The third-order valence-electron chi connectivity index (χ3n) is 5.94. The number of rotatable bonds is 4. The molecule has 164 valence electrons. The highest BCUT2D eigenvalue weighted by Gasteiger charge is 2.24. The molecule has 32 heavy (non-hydrogen) atoms. The molecule has 0 unspecified atom stereocenters. The first-order chi connectivity index (χ1) is 15.6. The summed E-state index contributed by atoms with van der Waals surface area (Å²) in [6.45, 7) is 6.11. The molecule has 1 amide bonds. The molecule has 3 aromatic rings. The monoisotopic (exact) mass is 493 g/mol. The summed E-state index contributed by atoms with van der Waals surface area (Å²) >= 11 is 3.50. The van der Waals surface area contributed by atoms with Crippen LogP contribution in [-0.2, 0) is 6.54 Å². The summed E-state index contributed by atoms with van der Waals surface area (Å²) in [4.78, 5) is 22.1. The summed E-state index contributed by atoms with van der Waals surface area (Å²) in [6, 6.07) is 17.9. The number of aromatic nitrogens is 1. The minimum Gasteiger partial charge on any atom is -0.454 e. The fourth-order valence-corrected chi connectivity index (χ4v) is 4.57. The second-order valence-electron chi connectivity index (χ2n) is 8.10. The number of benzene rings is 2. The van der Waals surface area contributed by atoms with E-state index in [0.717, 1.165) is 52.6 Å². The van der Waals surface area contributed by atoms with Crippen molar-refractivity contribution in [2.45, 2.75) is 13.5 Å². The van der Waals surface area contributed by atoms with Gasteiger partial charge in [0.05, 0.1) is 17.0 Å². The Morgan fingerprint density at radius 1 is 1.00 bits per heavy atom. The zero-order chi connectivity index (χ0) is 22.1. The van der Waals surface area contributed by atoms with Gasteiger partial charge in [-0.3, -0.25) is 14.7 Å². The van der Waals surface area contributed by atoms with Crippen LogP contribution < -0.4 is 9.47 Å². The minimum atomic E-state index is 0.0542. The van der Waals surface area contributed by atoms with Gasteiger partial charge in [-0.15, -0.1) is 0 Å². The molecule has 2 aromatic carbocycles. The maximum absolute atomic E-state index is 13.1. The molecular formula is C25H24BrN3O3. The SMILES string of the molecule is Cc1nc(-c2cccc(Br)c2)ccc1C(=O)N1CCN(Cc2ccc3c(c2)OCO3)CC1. The van der Waals surface area contributed by atoms with E-state index in [2.05, 4.69) is 26.9 Å². The molecule has 0 N–H and O–H groups in total. The molecule has 0 bridgehead atoms. The first-order valence-corrected chi connectivity index (χ1v) is 11.5. The number of halogens is 1. The zero-order valence-electron chi connectivity index (χ0n) is 17.9. The van der Waals surface area contributed by atoms with Gasteiger partial charge in [0.15, 0.2) is 11.5 Å². The molecule has 1 saturated heterocycles. The molecule has 1 fully saturated rings. The first-order valence-electron chi connectivity index (χ1n) is 10.7. The number of carbonyl (C=O) groups excluding carboxylic acids is 1. The molecule has 0 spiro atoms. The quantitative estimate of drug-likeness (QED) is 0.535. The van der Waals surface area contributed by atoms with Crippen molar-refractivity contribution in [3.8, 4) is 22.8 Å². The molecule has 0 aliphatic carbocycles. The van der Waals surface area contributed by atoms with Gasteiger partial charge in [0, 0.05) is 42.8 Å². The van der Waals surface area contributed by atoms with E-state index >= 15 is 0 Å². The number of hydrogen-bond acceptors (Lipinski definition) is 5. The number of fused-ring (bicyclic) bond motifs is 1. The van der Waals surface area contributed by atoms with E-state index in [-0.39, 0.29) is 12.7 Å². The van der Waals surface area contributed by atoms with Crippen molar-refractivity contribution in [2.24, 2.45) is 0 Å². The summed E-state index contributed by atoms with van der Waals surface area (Å²) in [5, 5.41) is 0. The standard InChI is InChI=1S/C25H24BrN3O3/c1-17-21(6-7-22(27-17)19-3-2-4-20(26)14-19)25(30)29-11-9-28(10-12-29)15-18-5-8-23-24(13-18)32-16-31-23/h2-8,13-14H,9-12,15-16H2,1H3. The van der Waals surface area contributed by atoms with E-state index in [9.17, 15) is 4.79 Å². The van der Waals surface area contributed by atoms with Gasteiger partial charge in [-0.1, -0.05) is 34.1 Å². The van der Waals surface area contributed by atoms with E-state index in [1.165, 1.54) is 5.56 Å². The number of amides is 1. The van der Waals surface area contributed by atoms with Gasteiger partial charge >= 0.3 is 0 Å². The molecule has 2 aliphatic rings. The molecule has 2 aliphatic heterocycles. The molecule has 7 heteroatoms. The van der Waals surface area contributed by atoms with Crippen LogP contribution >= 0.6 is 15.9 Å². The van der Waals surface area contributed by atoms with Crippen LogP contribution in [-0.4, -0.2) is 53.7 Å². The van der Waals surface area contributed by atoms with Gasteiger partial charge in [0.25, 0.3) is 5.91 Å².